The molecule has 0 saturated heterocycles. The Bertz CT molecular complexity index is 500. The van der Waals surface area contributed by atoms with Crippen molar-refractivity contribution >= 4 is 19.2 Å². The zero-order valence-corrected chi connectivity index (χ0v) is 14.5. The molecule has 0 aliphatic rings. The van der Waals surface area contributed by atoms with Gasteiger partial charge < -0.3 is 5.32 Å². The maximum absolute atomic E-state index is 12.4. The van der Waals surface area contributed by atoms with E-state index in [0.29, 0.717) is 5.30 Å². The van der Waals surface area contributed by atoms with E-state index >= 15 is 0 Å². The van der Waals surface area contributed by atoms with Crippen molar-refractivity contribution in [1.29, 1.82) is 0 Å². The van der Waals surface area contributed by atoms with Gasteiger partial charge in [0.25, 0.3) is 5.91 Å². The summed E-state index contributed by atoms with van der Waals surface area (Å²) in [5.41, 5.74) is -0.808. The van der Waals surface area contributed by atoms with Gasteiger partial charge in [-0.05, 0) is 37.5 Å². The normalized spacial score (nSPS) is 14.5. The van der Waals surface area contributed by atoms with Gasteiger partial charge in [0.05, 0.1) is 0 Å². The van der Waals surface area contributed by atoms with Crippen LogP contribution < -0.4 is 10.6 Å². The Morgan fingerprint density at radius 1 is 1.10 bits per heavy atom. The summed E-state index contributed by atoms with van der Waals surface area (Å²) in [6.07, 6.45) is -0.777. The van der Waals surface area contributed by atoms with E-state index in [9.17, 15) is 9.36 Å². The second-order valence-corrected chi connectivity index (χ2v) is 8.42. The van der Waals surface area contributed by atoms with Crippen LogP contribution in [0.15, 0.2) is 30.3 Å². The third-order valence-corrected chi connectivity index (χ3v) is 3.81. The van der Waals surface area contributed by atoms with E-state index in [0.717, 1.165) is 0 Å². The van der Waals surface area contributed by atoms with Crippen molar-refractivity contribution in [2.75, 3.05) is 0 Å². The highest BCUT2D eigenvalue weighted by Gasteiger charge is 2.41. The number of nitrogens with one attached hydrogen (secondary N) is 1. The second kappa shape index (κ2) is 6.67. The molecule has 2 unspecified atom stereocenters. The van der Waals surface area contributed by atoms with Gasteiger partial charge in [-0.2, -0.15) is 0 Å². The fourth-order valence-electron chi connectivity index (χ4n) is 1.74. The molecule has 0 aliphatic heterocycles. The molecule has 0 saturated carbocycles. The molecular weight excluding hydrogens is 285 g/mol. The zero-order valence-electron chi connectivity index (χ0n) is 13.6. The van der Waals surface area contributed by atoms with E-state index in [1.54, 1.807) is 24.3 Å². The van der Waals surface area contributed by atoms with Crippen molar-refractivity contribution in [3.05, 3.63) is 30.3 Å². The fourth-order valence-corrected chi connectivity index (χ4v) is 2.88. The zero-order chi connectivity index (χ0) is 16.3. The van der Waals surface area contributed by atoms with Gasteiger partial charge >= 0.3 is 8.03 Å². The molecule has 1 aromatic rings. The molecule has 21 heavy (non-hydrogen) atoms. The number of benzene rings is 1. The highest BCUT2D eigenvalue weighted by atomic mass is 31.1. The molecule has 0 heterocycles. The molecular formula is C16H25NO3P+. The third kappa shape index (κ3) is 5.94. The number of carbonyl (C=O) groups is 1. The van der Waals surface area contributed by atoms with Crippen molar-refractivity contribution in [1.82, 2.24) is 5.32 Å². The van der Waals surface area contributed by atoms with Crippen LogP contribution >= 0.6 is 8.03 Å². The minimum Gasteiger partial charge on any atom is -0.349 e. The van der Waals surface area contributed by atoms with Gasteiger partial charge in [-0.1, -0.05) is 39.0 Å². The summed E-state index contributed by atoms with van der Waals surface area (Å²) >= 11 is 0. The van der Waals surface area contributed by atoms with Gasteiger partial charge in [0.1, 0.15) is 0 Å². The lowest BCUT2D eigenvalue weighted by Gasteiger charge is -2.29. The second-order valence-electron chi connectivity index (χ2n) is 7.18. The Labute approximate surface area is 128 Å². The summed E-state index contributed by atoms with van der Waals surface area (Å²) < 4.78 is 17.9. The molecule has 0 aliphatic carbocycles. The molecule has 1 N–H and O–H groups in total. The van der Waals surface area contributed by atoms with E-state index in [1.165, 1.54) is 0 Å². The van der Waals surface area contributed by atoms with Gasteiger partial charge in [-0.15, -0.1) is 4.52 Å². The quantitative estimate of drug-likeness (QED) is 0.867. The predicted molar refractivity (Wildman–Crippen MR) is 85.9 cm³/mol. The first kappa shape index (κ1) is 17.8. The maximum Gasteiger partial charge on any atom is 0.549 e. The molecule has 0 fully saturated rings. The average Bonchev–Trinajstić information content (AvgIpc) is 2.33. The Hall–Kier alpha value is -1.25. The highest BCUT2D eigenvalue weighted by molar-refractivity contribution is 7.48. The molecule has 5 heteroatoms. The van der Waals surface area contributed by atoms with Gasteiger partial charge in [-0.3, -0.25) is 4.79 Å². The van der Waals surface area contributed by atoms with Crippen LogP contribution in [0, 0.1) is 5.41 Å². The Morgan fingerprint density at radius 3 is 2.05 bits per heavy atom. The van der Waals surface area contributed by atoms with E-state index in [1.807, 2.05) is 47.6 Å². The van der Waals surface area contributed by atoms with Gasteiger partial charge in [0.2, 0.25) is 5.30 Å². The molecule has 0 spiro atoms. The monoisotopic (exact) mass is 310 g/mol. The van der Waals surface area contributed by atoms with Crippen LogP contribution in [-0.4, -0.2) is 17.6 Å². The fraction of sp³-hybridized carbons (Fsp3) is 0.562. The van der Waals surface area contributed by atoms with Crippen LogP contribution in [0.25, 0.3) is 0 Å². The van der Waals surface area contributed by atoms with Crippen LogP contribution in [0.3, 0.4) is 0 Å². The highest BCUT2D eigenvalue weighted by Crippen LogP contribution is 2.32. The van der Waals surface area contributed by atoms with Crippen molar-refractivity contribution in [3.63, 3.8) is 0 Å². The summed E-state index contributed by atoms with van der Waals surface area (Å²) in [5.74, 6) is -0.241. The minimum atomic E-state index is -2.06. The van der Waals surface area contributed by atoms with E-state index in [-0.39, 0.29) is 11.4 Å². The number of rotatable bonds is 4. The lowest BCUT2D eigenvalue weighted by Crippen LogP contribution is -2.50. The van der Waals surface area contributed by atoms with E-state index in [4.69, 9.17) is 4.52 Å². The summed E-state index contributed by atoms with van der Waals surface area (Å²) in [4.78, 5) is 12.4. The standard InChI is InChI=1S/C16H24NO3P/c1-15(2,3)13(14(18)17-16(4,5)6)20-21(19)12-10-8-7-9-11-12/h7-11,13H,1-6H3/p+1. The average molecular weight is 310 g/mol. The molecule has 0 radical (unpaired) electrons. The minimum absolute atomic E-state index is 0.241. The largest absolute Gasteiger partial charge is 0.549 e. The number of amides is 1. The molecule has 2 atom stereocenters. The first-order valence-electron chi connectivity index (χ1n) is 7.02. The van der Waals surface area contributed by atoms with Gasteiger partial charge in [0.15, 0.2) is 6.10 Å². The summed E-state index contributed by atoms with van der Waals surface area (Å²) in [6.45, 7) is 11.4. The first-order valence-corrected chi connectivity index (χ1v) is 8.19. The van der Waals surface area contributed by atoms with Crippen molar-refractivity contribution < 1.29 is 13.9 Å². The van der Waals surface area contributed by atoms with Crippen LogP contribution in [0.2, 0.25) is 0 Å². The first-order chi connectivity index (χ1) is 9.50. The molecule has 1 aromatic carbocycles. The summed E-state index contributed by atoms with van der Waals surface area (Å²) in [5, 5.41) is 3.48. The molecule has 116 valence electrons. The van der Waals surface area contributed by atoms with E-state index in [2.05, 4.69) is 5.32 Å². The third-order valence-electron chi connectivity index (χ3n) is 2.69. The topological polar surface area (TPSA) is 55.4 Å². The van der Waals surface area contributed by atoms with Gasteiger partial charge in [-0.25, -0.2) is 0 Å². The maximum atomic E-state index is 12.4. The summed E-state index contributed by atoms with van der Waals surface area (Å²) in [6, 6.07) is 8.92. The lowest BCUT2D eigenvalue weighted by molar-refractivity contribution is -0.133. The number of hydrogen-bond donors (Lipinski definition) is 1. The lowest BCUT2D eigenvalue weighted by atomic mass is 9.88. The Morgan fingerprint density at radius 2 is 1.62 bits per heavy atom. The van der Waals surface area contributed by atoms with E-state index < -0.39 is 19.5 Å². The Kier molecular flexibility index (Phi) is 5.66. The molecule has 1 rings (SSSR count). The number of hydrogen-bond acceptors (Lipinski definition) is 3. The van der Waals surface area contributed by atoms with Crippen LogP contribution in [0.4, 0.5) is 0 Å². The Balaban J connectivity index is 2.90. The molecule has 1 amide bonds. The molecule has 0 aromatic heterocycles. The van der Waals surface area contributed by atoms with Crippen LogP contribution in [-0.2, 0) is 13.9 Å². The predicted octanol–water partition coefficient (Wildman–Crippen LogP) is 3.40. The number of carbonyl (C=O) groups excluding carboxylic acids is 1. The summed E-state index contributed by atoms with van der Waals surface area (Å²) in [7, 11) is -2.06. The van der Waals surface area contributed by atoms with Crippen LogP contribution in [0.1, 0.15) is 41.5 Å². The van der Waals surface area contributed by atoms with Crippen molar-refractivity contribution in [2.45, 2.75) is 53.2 Å². The smallest absolute Gasteiger partial charge is 0.349 e. The van der Waals surface area contributed by atoms with Crippen LogP contribution in [0.5, 0.6) is 0 Å². The van der Waals surface area contributed by atoms with Crippen molar-refractivity contribution in [2.24, 2.45) is 5.41 Å². The van der Waals surface area contributed by atoms with Crippen molar-refractivity contribution in [3.8, 4) is 0 Å². The van der Waals surface area contributed by atoms with Gasteiger partial charge in [0, 0.05) is 11.0 Å². The SMILES string of the molecule is CC(C)(C)NC(=O)C(O[P+](=O)c1ccccc1)C(C)(C)C. The molecule has 0 bridgehead atoms. The molecule has 4 nitrogen and oxygen atoms in total.